The average molecular weight is 333 g/mol. The van der Waals surface area contributed by atoms with Gasteiger partial charge < -0.3 is 14.3 Å². The van der Waals surface area contributed by atoms with Gasteiger partial charge in [0.15, 0.2) is 0 Å². The summed E-state index contributed by atoms with van der Waals surface area (Å²) in [6, 6.07) is 17.4. The zero-order valence-electron chi connectivity index (χ0n) is 14.2. The summed E-state index contributed by atoms with van der Waals surface area (Å²) >= 11 is 0. The summed E-state index contributed by atoms with van der Waals surface area (Å²) in [6.45, 7) is 4.07. The number of rotatable bonds is 4. The Morgan fingerprint density at radius 3 is 2.80 bits per heavy atom. The van der Waals surface area contributed by atoms with E-state index >= 15 is 0 Å². The smallest absolute Gasteiger partial charge is 0.240 e. The molecule has 5 heteroatoms. The van der Waals surface area contributed by atoms with E-state index in [0.29, 0.717) is 0 Å². The molecule has 2 heterocycles. The number of imidazole rings is 1. The minimum absolute atomic E-state index is 0.0702. The van der Waals surface area contributed by atoms with Crippen molar-refractivity contribution in [2.45, 2.75) is 26.4 Å². The molecule has 2 aromatic heterocycles. The van der Waals surface area contributed by atoms with E-state index < -0.39 is 0 Å². The van der Waals surface area contributed by atoms with Crippen molar-refractivity contribution in [3.05, 3.63) is 66.2 Å². The van der Waals surface area contributed by atoms with Crippen molar-refractivity contribution >= 4 is 27.9 Å². The summed E-state index contributed by atoms with van der Waals surface area (Å²) in [5.41, 5.74) is 2.69. The van der Waals surface area contributed by atoms with Crippen molar-refractivity contribution < 1.29 is 9.21 Å². The first-order valence-corrected chi connectivity index (χ1v) is 8.31. The fourth-order valence-electron chi connectivity index (χ4n) is 3.11. The number of nitrogens with one attached hydrogen (secondary N) is 1. The molecule has 0 saturated carbocycles. The van der Waals surface area contributed by atoms with Crippen LogP contribution in [0.15, 0.2) is 59.0 Å². The van der Waals surface area contributed by atoms with Crippen LogP contribution >= 0.6 is 0 Å². The normalized spacial score (nSPS) is 12.6. The molecule has 0 aliphatic carbocycles. The highest BCUT2D eigenvalue weighted by molar-refractivity contribution is 5.82. The van der Waals surface area contributed by atoms with Crippen LogP contribution in [0.4, 0.5) is 0 Å². The predicted octanol–water partition coefficient (Wildman–Crippen LogP) is 3.97. The summed E-state index contributed by atoms with van der Waals surface area (Å²) in [6.07, 6.45) is 0. The fourth-order valence-corrected chi connectivity index (χ4v) is 3.11. The molecule has 1 atom stereocenters. The van der Waals surface area contributed by atoms with Crippen LogP contribution in [0.1, 0.15) is 24.6 Å². The van der Waals surface area contributed by atoms with Gasteiger partial charge >= 0.3 is 0 Å². The number of furan rings is 1. The maximum absolute atomic E-state index is 12.5. The summed E-state index contributed by atoms with van der Waals surface area (Å²) in [4.78, 5) is 17.0. The van der Waals surface area contributed by atoms with Gasteiger partial charge in [0.2, 0.25) is 5.91 Å². The van der Waals surface area contributed by atoms with E-state index in [2.05, 4.69) is 10.3 Å². The largest absolute Gasteiger partial charge is 0.459 e. The number of hydrogen-bond acceptors (Lipinski definition) is 3. The number of carbonyl (C=O) groups is 1. The Labute approximate surface area is 145 Å². The molecule has 2 aromatic carbocycles. The van der Waals surface area contributed by atoms with Gasteiger partial charge in [0.1, 0.15) is 23.7 Å². The number of carbonyl (C=O) groups excluding carboxylic acids is 1. The Morgan fingerprint density at radius 1 is 1.20 bits per heavy atom. The third-order valence-electron chi connectivity index (χ3n) is 4.40. The number of aryl methyl sites for hydroxylation is 1. The second-order valence-electron chi connectivity index (χ2n) is 6.21. The highest BCUT2D eigenvalue weighted by Crippen LogP contribution is 2.23. The van der Waals surface area contributed by atoms with Gasteiger partial charge in [0.25, 0.3) is 0 Å². The van der Waals surface area contributed by atoms with Crippen molar-refractivity contribution in [3.63, 3.8) is 0 Å². The Hall–Kier alpha value is -3.08. The number of fused-ring (bicyclic) bond motifs is 2. The van der Waals surface area contributed by atoms with Crippen molar-refractivity contribution in [2.75, 3.05) is 0 Å². The molecule has 5 nitrogen and oxygen atoms in total. The molecular weight excluding hydrogens is 314 g/mol. The molecule has 1 unspecified atom stereocenters. The average Bonchev–Trinajstić information content (AvgIpc) is 3.16. The van der Waals surface area contributed by atoms with Crippen LogP contribution in [0, 0.1) is 6.92 Å². The van der Waals surface area contributed by atoms with E-state index in [-0.39, 0.29) is 18.5 Å². The summed E-state index contributed by atoms with van der Waals surface area (Å²) < 4.78 is 7.75. The molecule has 4 rings (SSSR count). The van der Waals surface area contributed by atoms with Crippen molar-refractivity contribution in [1.29, 1.82) is 0 Å². The van der Waals surface area contributed by atoms with Gasteiger partial charge in [-0.15, -0.1) is 0 Å². The predicted molar refractivity (Wildman–Crippen MR) is 97.2 cm³/mol. The quantitative estimate of drug-likeness (QED) is 0.615. The molecule has 126 valence electrons. The summed E-state index contributed by atoms with van der Waals surface area (Å²) in [7, 11) is 0. The zero-order valence-corrected chi connectivity index (χ0v) is 14.2. The molecule has 1 amide bonds. The summed E-state index contributed by atoms with van der Waals surface area (Å²) in [5, 5.41) is 4.04. The van der Waals surface area contributed by atoms with Crippen molar-refractivity contribution in [3.8, 4) is 0 Å². The third kappa shape index (κ3) is 2.89. The first-order valence-electron chi connectivity index (χ1n) is 8.31. The van der Waals surface area contributed by atoms with E-state index in [1.807, 2.05) is 73.0 Å². The lowest BCUT2D eigenvalue weighted by atomic mass is 10.2. The van der Waals surface area contributed by atoms with Crippen LogP contribution in [0.2, 0.25) is 0 Å². The van der Waals surface area contributed by atoms with Crippen LogP contribution < -0.4 is 5.32 Å². The molecule has 0 radical (unpaired) electrons. The number of amides is 1. The minimum atomic E-state index is -0.199. The van der Waals surface area contributed by atoms with E-state index in [1.54, 1.807) is 0 Å². The lowest BCUT2D eigenvalue weighted by Gasteiger charge is -2.13. The third-order valence-corrected chi connectivity index (χ3v) is 4.40. The lowest BCUT2D eigenvalue weighted by Crippen LogP contribution is -2.30. The second-order valence-corrected chi connectivity index (χ2v) is 6.21. The van der Waals surface area contributed by atoms with E-state index in [4.69, 9.17) is 4.42 Å². The Morgan fingerprint density at radius 2 is 1.96 bits per heavy atom. The monoisotopic (exact) mass is 333 g/mol. The number of benzene rings is 2. The first kappa shape index (κ1) is 15.4. The molecule has 0 bridgehead atoms. The molecular formula is C20H19N3O2. The molecule has 4 aromatic rings. The van der Waals surface area contributed by atoms with Crippen LogP contribution in [0.25, 0.3) is 22.0 Å². The van der Waals surface area contributed by atoms with Gasteiger partial charge in [-0.1, -0.05) is 30.3 Å². The lowest BCUT2D eigenvalue weighted by molar-refractivity contribution is -0.122. The van der Waals surface area contributed by atoms with Crippen LogP contribution in [0.5, 0.6) is 0 Å². The SMILES string of the molecule is Cc1nc2ccccc2n1CC(=O)NC(C)c1cc2ccccc2o1. The number of para-hydroxylation sites is 3. The fraction of sp³-hybridized carbons (Fsp3) is 0.200. The highest BCUT2D eigenvalue weighted by atomic mass is 16.3. The van der Waals surface area contributed by atoms with Gasteiger partial charge in [0.05, 0.1) is 17.1 Å². The second kappa shape index (κ2) is 6.09. The van der Waals surface area contributed by atoms with Gasteiger partial charge in [-0.25, -0.2) is 4.98 Å². The van der Waals surface area contributed by atoms with E-state index in [0.717, 1.165) is 33.6 Å². The minimum Gasteiger partial charge on any atom is -0.459 e. The van der Waals surface area contributed by atoms with Crippen molar-refractivity contribution in [2.24, 2.45) is 0 Å². The molecule has 0 fully saturated rings. The standard InChI is InChI=1S/C20H19N3O2/c1-13(19-11-15-7-3-6-10-18(15)25-19)21-20(24)12-23-14(2)22-16-8-4-5-9-17(16)23/h3-11,13H,12H2,1-2H3,(H,21,24). The Balaban J connectivity index is 1.52. The maximum Gasteiger partial charge on any atom is 0.240 e. The first-order chi connectivity index (χ1) is 12.1. The van der Waals surface area contributed by atoms with Gasteiger partial charge in [-0.3, -0.25) is 4.79 Å². The topological polar surface area (TPSA) is 60.1 Å². The zero-order chi connectivity index (χ0) is 17.4. The molecule has 0 saturated heterocycles. The summed E-state index contributed by atoms with van der Waals surface area (Å²) in [5.74, 6) is 1.51. The molecule has 25 heavy (non-hydrogen) atoms. The molecule has 1 N–H and O–H groups in total. The highest BCUT2D eigenvalue weighted by Gasteiger charge is 2.16. The maximum atomic E-state index is 12.5. The number of nitrogens with zero attached hydrogens (tertiary/aromatic N) is 2. The van der Waals surface area contributed by atoms with Crippen LogP contribution in [-0.4, -0.2) is 15.5 Å². The molecule has 0 aliphatic heterocycles. The Bertz CT molecular complexity index is 1030. The van der Waals surface area contributed by atoms with E-state index in [9.17, 15) is 4.79 Å². The van der Waals surface area contributed by atoms with E-state index in [1.165, 1.54) is 0 Å². The van der Waals surface area contributed by atoms with Gasteiger partial charge in [-0.2, -0.15) is 0 Å². The molecule has 0 aliphatic rings. The molecule has 0 spiro atoms. The van der Waals surface area contributed by atoms with Crippen molar-refractivity contribution in [1.82, 2.24) is 14.9 Å². The number of aromatic nitrogens is 2. The van der Waals surface area contributed by atoms with Gasteiger partial charge in [-0.05, 0) is 38.1 Å². The van der Waals surface area contributed by atoms with Gasteiger partial charge in [0, 0.05) is 5.39 Å². The van der Waals surface area contributed by atoms with Crippen LogP contribution in [0.3, 0.4) is 0 Å². The Kier molecular flexibility index (Phi) is 3.76. The number of hydrogen-bond donors (Lipinski definition) is 1. The van der Waals surface area contributed by atoms with Crippen LogP contribution in [-0.2, 0) is 11.3 Å².